The van der Waals surface area contributed by atoms with Crippen molar-refractivity contribution in [2.24, 2.45) is 0 Å². The summed E-state index contributed by atoms with van der Waals surface area (Å²) in [6, 6.07) is -0.553. The molecule has 2 atom stereocenters. The summed E-state index contributed by atoms with van der Waals surface area (Å²) in [5.74, 6) is -0.819. The van der Waals surface area contributed by atoms with Gasteiger partial charge in [-0.3, -0.25) is 14.5 Å². The number of piperidine rings is 1. The van der Waals surface area contributed by atoms with Crippen LogP contribution in [0.2, 0.25) is 0 Å². The van der Waals surface area contributed by atoms with Gasteiger partial charge < -0.3 is 10.4 Å². The number of nitrogens with one attached hydrogen (secondary N) is 1. The molecule has 0 radical (unpaired) electrons. The van der Waals surface area contributed by atoms with Crippen molar-refractivity contribution in [2.45, 2.75) is 70.0 Å². The molecule has 0 aromatic heterocycles. The molecule has 2 N–H and O–H groups in total. The SMILES string of the molecule is CC(C(=O)NC1CCCC1)N1CCCCC1C(=O)O. The number of rotatable bonds is 4. The highest BCUT2D eigenvalue weighted by Gasteiger charge is 2.35. The Bertz CT molecular complexity index is 340. The Labute approximate surface area is 114 Å². The Morgan fingerprint density at radius 3 is 2.42 bits per heavy atom. The van der Waals surface area contributed by atoms with Crippen LogP contribution in [0.15, 0.2) is 0 Å². The molecule has 1 amide bonds. The summed E-state index contributed by atoms with van der Waals surface area (Å²) in [5.41, 5.74) is 0. The van der Waals surface area contributed by atoms with E-state index in [4.69, 9.17) is 0 Å². The average Bonchev–Trinajstić information content (AvgIpc) is 2.90. The molecular weight excluding hydrogens is 244 g/mol. The zero-order valence-electron chi connectivity index (χ0n) is 11.6. The Balaban J connectivity index is 1.93. The van der Waals surface area contributed by atoms with E-state index in [1.807, 2.05) is 11.8 Å². The van der Waals surface area contributed by atoms with Crippen LogP contribution < -0.4 is 5.32 Å². The molecule has 2 unspecified atom stereocenters. The number of likely N-dealkylation sites (tertiary alicyclic amines) is 1. The van der Waals surface area contributed by atoms with Gasteiger partial charge in [-0.25, -0.2) is 0 Å². The summed E-state index contributed by atoms with van der Waals surface area (Å²) in [7, 11) is 0. The van der Waals surface area contributed by atoms with Crippen LogP contribution in [0.5, 0.6) is 0 Å². The zero-order chi connectivity index (χ0) is 13.8. The molecular formula is C14H24N2O3. The first-order valence-electron chi connectivity index (χ1n) is 7.38. The van der Waals surface area contributed by atoms with Crippen molar-refractivity contribution in [1.82, 2.24) is 10.2 Å². The normalized spacial score (nSPS) is 27.1. The minimum Gasteiger partial charge on any atom is -0.480 e. The quantitative estimate of drug-likeness (QED) is 0.808. The van der Waals surface area contributed by atoms with Gasteiger partial charge in [0.15, 0.2) is 0 Å². The number of carboxylic acids is 1. The molecule has 108 valence electrons. The lowest BCUT2D eigenvalue weighted by Crippen LogP contribution is -2.55. The highest BCUT2D eigenvalue weighted by atomic mass is 16.4. The molecule has 0 spiro atoms. The van der Waals surface area contributed by atoms with E-state index in [1.54, 1.807) is 0 Å². The monoisotopic (exact) mass is 268 g/mol. The highest BCUT2D eigenvalue weighted by Crippen LogP contribution is 2.21. The van der Waals surface area contributed by atoms with Gasteiger partial charge in [0.2, 0.25) is 5.91 Å². The topological polar surface area (TPSA) is 69.6 Å². The van der Waals surface area contributed by atoms with Crippen LogP contribution in [-0.2, 0) is 9.59 Å². The van der Waals surface area contributed by atoms with Crippen LogP contribution in [-0.4, -0.2) is 46.6 Å². The molecule has 5 nitrogen and oxygen atoms in total. The van der Waals surface area contributed by atoms with Gasteiger partial charge in [0, 0.05) is 6.04 Å². The van der Waals surface area contributed by atoms with E-state index in [9.17, 15) is 14.7 Å². The molecule has 5 heteroatoms. The Hall–Kier alpha value is -1.10. The molecule has 1 aliphatic heterocycles. The summed E-state index contributed by atoms with van der Waals surface area (Å²) in [6.07, 6.45) is 7.04. The number of amides is 1. The van der Waals surface area contributed by atoms with Gasteiger partial charge in [0.05, 0.1) is 6.04 Å². The third-order valence-electron chi connectivity index (χ3n) is 4.41. The Morgan fingerprint density at radius 2 is 1.79 bits per heavy atom. The summed E-state index contributed by atoms with van der Waals surface area (Å²) in [4.78, 5) is 25.3. The molecule has 1 saturated heterocycles. The lowest BCUT2D eigenvalue weighted by atomic mass is 10.00. The zero-order valence-corrected chi connectivity index (χ0v) is 11.6. The molecule has 1 heterocycles. The fourth-order valence-corrected chi connectivity index (χ4v) is 3.23. The van der Waals surface area contributed by atoms with E-state index in [0.717, 1.165) is 25.7 Å². The smallest absolute Gasteiger partial charge is 0.320 e. The lowest BCUT2D eigenvalue weighted by molar-refractivity contribution is -0.147. The Kier molecular flexibility index (Phi) is 4.80. The number of nitrogens with zero attached hydrogens (tertiary/aromatic N) is 1. The van der Waals surface area contributed by atoms with Gasteiger partial charge in [-0.15, -0.1) is 0 Å². The van der Waals surface area contributed by atoms with Crippen molar-refractivity contribution < 1.29 is 14.7 Å². The second kappa shape index (κ2) is 6.37. The minimum absolute atomic E-state index is 0.0138. The van der Waals surface area contributed by atoms with Crippen molar-refractivity contribution in [3.05, 3.63) is 0 Å². The van der Waals surface area contributed by atoms with Gasteiger partial charge in [-0.2, -0.15) is 0 Å². The molecule has 2 rings (SSSR count). The number of carbonyl (C=O) groups is 2. The highest BCUT2D eigenvalue weighted by molar-refractivity contribution is 5.83. The molecule has 1 saturated carbocycles. The predicted octanol–water partition coefficient (Wildman–Crippen LogP) is 1.37. The third-order valence-corrected chi connectivity index (χ3v) is 4.41. The standard InChI is InChI=1S/C14H24N2O3/c1-10(13(17)15-11-6-2-3-7-11)16-9-5-4-8-12(16)14(18)19/h10-12H,2-9H2,1H3,(H,15,17)(H,18,19). The molecule has 0 aromatic carbocycles. The fraction of sp³-hybridized carbons (Fsp3) is 0.857. The molecule has 1 aliphatic carbocycles. The van der Waals surface area contributed by atoms with Crippen molar-refractivity contribution in [1.29, 1.82) is 0 Å². The fourth-order valence-electron chi connectivity index (χ4n) is 3.23. The van der Waals surface area contributed by atoms with Crippen LogP contribution in [0.4, 0.5) is 0 Å². The summed E-state index contributed by atoms with van der Waals surface area (Å²) in [6.45, 7) is 2.53. The largest absolute Gasteiger partial charge is 0.480 e. The molecule has 19 heavy (non-hydrogen) atoms. The molecule has 0 bridgehead atoms. The molecule has 0 aromatic rings. The van der Waals surface area contributed by atoms with Gasteiger partial charge in [-0.05, 0) is 39.2 Å². The maximum atomic E-state index is 12.2. The first-order chi connectivity index (χ1) is 9.09. The maximum Gasteiger partial charge on any atom is 0.320 e. The van der Waals surface area contributed by atoms with Crippen molar-refractivity contribution in [3.63, 3.8) is 0 Å². The average molecular weight is 268 g/mol. The number of carboxylic acid groups (broad SMARTS) is 1. The lowest BCUT2D eigenvalue weighted by Gasteiger charge is -2.37. The molecule has 2 fully saturated rings. The first kappa shape index (κ1) is 14.3. The minimum atomic E-state index is -0.805. The number of carbonyl (C=O) groups excluding carboxylic acids is 1. The van der Waals surface area contributed by atoms with E-state index in [2.05, 4.69) is 5.32 Å². The van der Waals surface area contributed by atoms with E-state index >= 15 is 0 Å². The number of hydrogen-bond acceptors (Lipinski definition) is 3. The second-order valence-corrected chi connectivity index (χ2v) is 5.75. The van der Waals surface area contributed by atoms with Crippen molar-refractivity contribution >= 4 is 11.9 Å². The van der Waals surface area contributed by atoms with Crippen LogP contribution in [0.25, 0.3) is 0 Å². The van der Waals surface area contributed by atoms with Gasteiger partial charge in [0.25, 0.3) is 0 Å². The van der Waals surface area contributed by atoms with Crippen LogP contribution in [0.3, 0.4) is 0 Å². The summed E-state index contributed by atoms with van der Waals surface area (Å²) < 4.78 is 0. The van der Waals surface area contributed by atoms with Gasteiger partial charge >= 0.3 is 5.97 Å². The first-order valence-corrected chi connectivity index (χ1v) is 7.38. The van der Waals surface area contributed by atoms with Crippen LogP contribution in [0.1, 0.15) is 51.9 Å². The van der Waals surface area contributed by atoms with Crippen LogP contribution >= 0.6 is 0 Å². The van der Waals surface area contributed by atoms with Gasteiger partial charge in [-0.1, -0.05) is 19.3 Å². The predicted molar refractivity (Wildman–Crippen MR) is 71.8 cm³/mol. The maximum absolute atomic E-state index is 12.2. The van der Waals surface area contributed by atoms with Gasteiger partial charge in [0.1, 0.15) is 6.04 Å². The number of aliphatic carboxylic acids is 1. The van der Waals surface area contributed by atoms with E-state index in [1.165, 1.54) is 12.8 Å². The third kappa shape index (κ3) is 3.47. The summed E-state index contributed by atoms with van der Waals surface area (Å²) >= 11 is 0. The van der Waals surface area contributed by atoms with Crippen molar-refractivity contribution in [2.75, 3.05) is 6.54 Å². The van der Waals surface area contributed by atoms with Crippen LogP contribution in [0, 0.1) is 0 Å². The van der Waals surface area contributed by atoms with E-state index in [-0.39, 0.29) is 11.9 Å². The van der Waals surface area contributed by atoms with E-state index in [0.29, 0.717) is 19.0 Å². The van der Waals surface area contributed by atoms with Crippen molar-refractivity contribution in [3.8, 4) is 0 Å². The Morgan fingerprint density at radius 1 is 1.16 bits per heavy atom. The second-order valence-electron chi connectivity index (χ2n) is 5.75. The number of hydrogen-bond donors (Lipinski definition) is 2. The molecule has 2 aliphatic rings. The summed E-state index contributed by atoms with van der Waals surface area (Å²) in [5, 5.41) is 12.3. The van der Waals surface area contributed by atoms with E-state index < -0.39 is 12.0 Å².